The van der Waals surface area contributed by atoms with Crippen LogP contribution in [0.5, 0.6) is 0 Å². The minimum Gasteiger partial charge on any atom is -0.386 e. The fourth-order valence-corrected chi connectivity index (χ4v) is 3.15. The van der Waals surface area contributed by atoms with Gasteiger partial charge in [-0.1, -0.05) is 0 Å². The van der Waals surface area contributed by atoms with Gasteiger partial charge in [0.05, 0.1) is 17.2 Å². The molecule has 0 spiro atoms. The van der Waals surface area contributed by atoms with Gasteiger partial charge in [-0.05, 0) is 44.2 Å². The summed E-state index contributed by atoms with van der Waals surface area (Å²) in [7, 11) is 0. The quantitative estimate of drug-likeness (QED) is 0.693. The standard InChI is InChI=1S/C19H20F4N2O2/c1-17(2,26)12-7-14(18(27,9-24)13-8-19(13,22)23)25-16(15(12)21)10-3-5-11(20)6-4-10/h3-7,13,26-27H,8-9,24H2,1-2H3/t13-,18?/m1/s1. The molecule has 1 fully saturated rings. The molecule has 27 heavy (non-hydrogen) atoms. The SMILES string of the molecule is CC(C)(O)c1cc(C(O)(CN)[C@H]2CC2(F)F)nc(-c2ccc(F)cc2)c1F. The van der Waals surface area contributed by atoms with Crippen molar-refractivity contribution in [2.75, 3.05) is 6.54 Å². The Labute approximate surface area is 153 Å². The first-order valence-corrected chi connectivity index (χ1v) is 8.40. The molecule has 8 heteroatoms. The summed E-state index contributed by atoms with van der Waals surface area (Å²) in [4.78, 5) is 4.04. The Morgan fingerprint density at radius 3 is 2.19 bits per heavy atom. The van der Waals surface area contributed by atoms with Crippen molar-refractivity contribution >= 4 is 0 Å². The third-order valence-electron chi connectivity index (χ3n) is 4.89. The second-order valence-electron chi connectivity index (χ2n) is 7.43. The number of hydrogen-bond acceptors (Lipinski definition) is 4. The molecule has 1 aliphatic rings. The van der Waals surface area contributed by atoms with Gasteiger partial charge in [0.25, 0.3) is 5.92 Å². The number of alkyl halides is 2. The first-order valence-electron chi connectivity index (χ1n) is 8.40. The Hall–Kier alpha value is -2.03. The number of hydrogen-bond donors (Lipinski definition) is 3. The Kier molecular flexibility index (Phi) is 4.57. The Bertz CT molecular complexity index is 865. The average molecular weight is 384 g/mol. The van der Waals surface area contributed by atoms with E-state index in [1.807, 2.05) is 0 Å². The number of halogens is 4. The lowest BCUT2D eigenvalue weighted by molar-refractivity contribution is -0.0304. The molecule has 3 rings (SSSR count). The molecule has 0 saturated heterocycles. The molecular formula is C19H20F4N2O2. The van der Waals surface area contributed by atoms with Gasteiger partial charge in [0.2, 0.25) is 0 Å². The zero-order chi connectivity index (χ0) is 20.2. The molecule has 1 aromatic heterocycles. The number of aliphatic hydroxyl groups is 2. The monoisotopic (exact) mass is 384 g/mol. The van der Waals surface area contributed by atoms with E-state index in [0.29, 0.717) is 0 Å². The fraction of sp³-hybridized carbons (Fsp3) is 0.421. The number of nitrogens with two attached hydrogens (primary N) is 1. The smallest absolute Gasteiger partial charge is 0.254 e. The number of benzene rings is 1. The lowest BCUT2D eigenvalue weighted by atomic mass is 9.88. The van der Waals surface area contributed by atoms with E-state index in [9.17, 15) is 23.4 Å². The third kappa shape index (κ3) is 3.44. The van der Waals surface area contributed by atoms with Crippen molar-refractivity contribution in [1.82, 2.24) is 4.98 Å². The van der Waals surface area contributed by atoms with Gasteiger partial charge in [-0.2, -0.15) is 0 Å². The van der Waals surface area contributed by atoms with Crippen molar-refractivity contribution in [2.45, 2.75) is 37.4 Å². The van der Waals surface area contributed by atoms with Gasteiger partial charge in [0.15, 0.2) is 5.82 Å². The van der Waals surface area contributed by atoms with Gasteiger partial charge >= 0.3 is 0 Å². The average Bonchev–Trinajstić information content (AvgIpc) is 3.23. The summed E-state index contributed by atoms with van der Waals surface area (Å²) in [5, 5.41) is 21.1. The highest BCUT2D eigenvalue weighted by atomic mass is 19.3. The van der Waals surface area contributed by atoms with Crippen LogP contribution in [0.4, 0.5) is 17.6 Å². The summed E-state index contributed by atoms with van der Waals surface area (Å²) >= 11 is 0. The fourth-order valence-electron chi connectivity index (χ4n) is 3.15. The molecular weight excluding hydrogens is 364 g/mol. The summed E-state index contributed by atoms with van der Waals surface area (Å²) < 4.78 is 55.5. The van der Waals surface area contributed by atoms with Crippen LogP contribution in [0, 0.1) is 17.6 Å². The lowest BCUT2D eigenvalue weighted by Gasteiger charge is -2.29. The maximum Gasteiger partial charge on any atom is 0.254 e. The van der Waals surface area contributed by atoms with E-state index in [1.54, 1.807) is 0 Å². The van der Waals surface area contributed by atoms with Crippen LogP contribution in [0.2, 0.25) is 0 Å². The van der Waals surface area contributed by atoms with Gasteiger partial charge in [-0.25, -0.2) is 22.5 Å². The van der Waals surface area contributed by atoms with Crippen LogP contribution in [-0.2, 0) is 11.2 Å². The van der Waals surface area contributed by atoms with Gasteiger partial charge in [-0.3, -0.25) is 0 Å². The Balaban J connectivity index is 2.23. The highest BCUT2D eigenvalue weighted by molar-refractivity contribution is 5.62. The largest absolute Gasteiger partial charge is 0.386 e. The van der Waals surface area contributed by atoms with Crippen molar-refractivity contribution < 1.29 is 27.8 Å². The summed E-state index contributed by atoms with van der Waals surface area (Å²) in [5.74, 6) is -5.99. The minimum absolute atomic E-state index is 0.170. The van der Waals surface area contributed by atoms with Crippen LogP contribution >= 0.6 is 0 Å². The predicted octanol–water partition coefficient (Wildman–Crippen LogP) is 3.06. The van der Waals surface area contributed by atoms with Crippen LogP contribution in [0.25, 0.3) is 11.3 Å². The first-order chi connectivity index (χ1) is 12.4. The molecule has 4 nitrogen and oxygen atoms in total. The molecule has 1 aromatic carbocycles. The molecule has 1 heterocycles. The van der Waals surface area contributed by atoms with E-state index in [4.69, 9.17) is 5.73 Å². The maximum atomic E-state index is 15.0. The van der Waals surface area contributed by atoms with Crippen LogP contribution in [0.3, 0.4) is 0 Å². The summed E-state index contributed by atoms with van der Waals surface area (Å²) in [6.45, 7) is 2.08. The maximum absolute atomic E-state index is 15.0. The van der Waals surface area contributed by atoms with E-state index in [0.717, 1.165) is 18.2 Å². The Morgan fingerprint density at radius 2 is 1.74 bits per heavy atom. The van der Waals surface area contributed by atoms with Crippen molar-refractivity contribution in [3.05, 3.63) is 53.2 Å². The molecule has 1 saturated carbocycles. The molecule has 0 radical (unpaired) electrons. The van der Waals surface area contributed by atoms with Gasteiger partial charge in [0.1, 0.15) is 17.1 Å². The molecule has 1 unspecified atom stereocenters. The van der Waals surface area contributed by atoms with Crippen molar-refractivity contribution in [3.63, 3.8) is 0 Å². The van der Waals surface area contributed by atoms with Gasteiger partial charge in [-0.15, -0.1) is 0 Å². The highest BCUT2D eigenvalue weighted by Gasteiger charge is 2.67. The number of aromatic nitrogens is 1. The molecule has 2 aromatic rings. The van der Waals surface area contributed by atoms with Crippen LogP contribution in [-0.4, -0.2) is 27.7 Å². The molecule has 0 amide bonds. The van der Waals surface area contributed by atoms with Crippen LogP contribution in [0.1, 0.15) is 31.5 Å². The second-order valence-corrected chi connectivity index (χ2v) is 7.43. The lowest BCUT2D eigenvalue weighted by Crippen LogP contribution is -2.40. The van der Waals surface area contributed by atoms with Crippen molar-refractivity contribution in [2.24, 2.45) is 11.7 Å². The van der Waals surface area contributed by atoms with E-state index in [-0.39, 0.29) is 22.5 Å². The number of nitrogens with zero attached hydrogens (tertiary/aromatic N) is 1. The van der Waals surface area contributed by atoms with E-state index < -0.39 is 47.6 Å². The zero-order valence-electron chi connectivity index (χ0n) is 14.8. The molecule has 2 atom stereocenters. The third-order valence-corrected chi connectivity index (χ3v) is 4.89. The van der Waals surface area contributed by atoms with Crippen LogP contribution in [0.15, 0.2) is 30.3 Å². The second kappa shape index (κ2) is 6.25. The minimum atomic E-state index is -3.10. The van der Waals surface area contributed by atoms with E-state index >= 15 is 4.39 Å². The number of rotatable bonds is 5. The Morgan fingerprint density at radius 1 is 1.19 bits per heavy atom. The summed E-state index contributed by atoms with van der Waals surface area (Å²) in [5.41, 5.74) is 1.09. The van der Waals surface area contributed by atoms with Crippen LogP contribution < -0.4 is 5.73 Å². The van der Waals surface area contributed by atoms with Crippen molar-refractivity contribution in [1.29, 1.82) is 0 Å². The van der Waals surface area contributed by atoms with E-state index in [2.05, 4.69) is 4.98 Å². The summed E-state index contributed by atoms with van der Waals surface area (Å²) in [6.07, 6.45) is -0.566. The normalized spacial score (nSPS) is 21.0. The number of pyridine rings is 1. The summed E-state index contributed by atoms with van der Waals surface area (Å²) in [6, 6.07) is 5.79. The molecule has 4 N–H and O–H groups in total. The van der Waals surface area contributed by atoms with Crippen molar-refractivity contribution in [3.8, 4) is 11.3 Å². The topological polar surface area (TPSA) is 79.4 Å². The molecule has 146 valence electrons. The first kappa shape index (κ1) is 19.7. The molecule has 0 bridgehead atoms. The predicted molar refractivity (Wildman–Crippen MR) is 90.8 cm³/mol. The highest BCUT2D eigenvalue weighted by Crippen LogP contribution is 2.57. The van der Waals surface area contributed by atoms with E-state index in [1.165, 1.54) is 26.0 Å². The molecule has 0 aliphatic heterocycles. The molecule has 1 aliphatic carbocycles. The van der Waals surface area contributed by atoms with Gasteiger partial charge < -0.3 is 15.9 Å². The zero-order valence-corrected chi connectivity index (χ0v) is 14.8. The van der Waals surface area contributed by atoms with Gasteiger partial charge in [0, 0.05) is 24.1 Å².